The Hall–Kier alpha value is -1.82. The van der Waals surface area contributed by atoms with Crippen LogP contribution >= 0.6 is 12.2 Å². The zero-order valence-corrected chi connectivity index (χ0v) is 11.6. The third-order valence-corrected chi connectivity index (χ3v) is 3.10. The standard InChI is InChI=1S/C13H17N3O2S/c1-2-18-11-5-3-10(4-6-11)15-13(19)16-8-7-14-12(17)9-16/h3-6H,2,7-9H2,1H3,(H,14,17)(H,15,19). The quantitative estimate of drug-likeness (QED) is 0.815. The number of anilines is 1. The van der Waals surface area contributed by atoms with Crippen molar-refractivity contribution in [3.05, 3.63) is 24.3 Å². The van der Waals surface area contributed by atoms with Gasteiger partial charge in [-0.3, -0.25) is 4.79 Å². The molecule has 1 aliphatic rings. The molecule has 0 aromatic heterocycles. The first-order valence-electron chi connectivity index (χ1n) is 6.24. The van der Waals surface area contributed by atoms with Gasteiger partial charge in [-0.05, 0) is 43.4 Å². The smallest absolute Gasteiger partial charge is 0.239 e. The SMILES string of the molecule is CCOc1ccc(NC(=S)N2CCNC(=O)C2)cc1. The van der Waals surface area contributed by atoms with E-state index in [1.807, 2.05) is 36.1 Å². The van der Waals surface area contributed by atoms with Gasteiger partial charge in [-0.1, -0.05) is 0 Å². The van der Waals surface area contributed by atoms with E-state index in [4.69, 9.17) is 17.0 Å². The van der Waals surface area contributed by atoms with Crippen LogP contribution in [-0.4, -0.2) is 42.2 Å². The van der Waals surface area contributed by atoms with Crippen molar-refractivity contribution in [2.75, 3.05) is 31.6 Å². The topological polar surface area (TPSA) is 53.6 Å². The van der Waals surface area contributed by atoms with Crippen molar-refractivity contribution in [3.8, 4) is 5.75 Å². The summed E-state index contributed by atoms with van der Waals surface area (Å²) in [5.74, 6) is 0.832. The van der Waals surface area contributed by atoms with Crippen LogP contribution in [0.4, 0.5) is 5.69 Å². The molecule has 5 nitrogen and oxygen atoms in total. The molecule has 102 valence electrons. The molecule has 0 atom stereocenters. The molecule has 1 aromatic carbocycles. The molecule has 1 heterocycles. The molecule has 0 aliphatic carbocycles. The maximum Gasteiger partial charge on any atom is 0.239 e. The average molecular weight is 279 g/mol. The summed E-state index contributed by atoms with van der Waals surface area (Å²) in [7, 11) is 0. The number of nitrogens with zero attached hydrogens (tertiary/aromatic N) is 1. The van der Waals surface area contributed by atoms with Crippen LogP contribution in [0.25, 0.3) is 0 Å². The Bertz CT molecular complexity index is 461. The van der Waals surface area contributed by atoms with Crippen LogP contribution in [-0.2, 0) is 4.79 Å². The summed E-state index contributed by atoms with van der Waals surface area (Å²) >= 11 is 5.30. The molecule has 0 spiro atoms. The number of rotatable bonds is 3. The van der Waals surface area contributed by atoms with E-state index in [0.29, 0.717) is 24.8 Å². The Morgan fingerprint density at radius 3 is 2.84 bits per heavy atom. The van der Waals surface area contributed by atoms with Crippen molar-refractivity contribution < 1.29 is 9.53 Å². The lowest BCUT2D eigenvalue weighted by Gasteiger charge is -2.29. The van der Waals surface area contributed by atoms with E-state index in [1.165, 1.54) is 0 Å². The van der Waals surface area contributed by atoms with E-state index >= 15 is 0 Å². The van der Waals surface area contributed by atoms with Crippen molar-refractivity contribution in [2.24, 2.45) is 0 Å². The van der Waals surface area contributed by atoms with E-state index < -0.39 is 0 Å². The van der Waals surface area contributed by atoms with Crippen molar-refractivity contribution >= 4 is 28.9 Å². The Kier molecular flexibility index (Phi) is 4.57. The third kappa shape index (κ3) is 3.82. The Morgan fingerprint density at radius 2 is 2.21 bits per heavy atom. The number of nitrogens with one attached hydrogen (secondary N) is 2. The minimum atomic E-state index is 0.00194. The Labute approximate surface area is 117 Å². The van der Waals surface area contributed by atoms with Gasteiger partial charge >= 0.3 is 0 Å². The van der Waals surface area contributed by atoms with Gasteiger partial charge in [0.2, 0.25) is 5.91 Å². The number of ether oxygens (including phenoxy) is 1. The van der Waals surface area contributed by atoms with Gasteiger partial charge in [0.15, 0.2) is 5.11 Å². The molecule has 0 unspecified atom stereocenters. The predicted molar refractivity (Wildman–Crippen MR) is 78.4 cm³/mol. The molecule has 1 amide bonds. The van der Waals surface area contributed by atoms with Crippen molar-refractivity contribution in [3.63, 3.8) is 0 Å². The number of amides is 1. The number of hydrogen-bond acceptors (Lipinski definition) is 3. The first-order chi connectivity index (χ1) is 9.19. The molecule has 1 saturated heterocycles. The van der Waals surface area contributed by atoms with E-state index in [0.717, 1.165) is 18.0 Å². The van der Waals surface area contributed by atoms with Crippen LogP contribution in [0.2, 0.25) is 0 Å². The van der Waals surface area contributed by atoms with Gasteiger partial charge in [-0.15, -0.1) is 0 Å². The summed E-state index contributed by atoms with van der Waals surface area (Å²) in [5, 5.41) is 6.46. The van der Waals surface area contributed by atoms with Gasteiger partial charge in [0, 0.05) is 18.8 Å². The minimum Gasteiger partial charge on any atom is -0.494 e. The summed E-state index contributed by atoms with van der Waals surface area (Å²) in [6.07, 6.45) is 0. The van der Waals surface area contributed by atoms with Gasteiger partial charge in [-0.25, -0.2) is 0 Å². The van der Waals surface area contributed by atoms with Gasteiger partial charge < -0.3 is 20.3 Å². The lowest BCUT2D eigenvalue weighted by Crippen LogP contribution is -2.51. The summed E-state index contributed by atoms with van der Waals surface area (Å²) in [6.45, 7) is 4.26. The van der Waals surface area contributed by atoms with Crippen molar-refractivity contribution in [2.45, 2.75) is 6.92 Å². The maximum absolute atomic E-state index is 11.3. The van der Waals surface area contributed by atoms with Gasteiger partial charge in [0.25, 0.3) is 0 Å². The molecule has 2 rings (SSSR count). The molecule has 0 saturated carbocycles. The first kappa shape index (κ1) is 13.6. The number of thiocarbonyl (C=S) groups is 1. The molecule has 0 radical (unpaired) electrons. The fourth-order valence-electron chi connectivity index (χ4n) is 1.82. The second kappa shape index (κ2) is 6.38. The molecule has 2 N–H and O–H groups in total. The van der Waals surface area contributed by atoms with E-state index in [9.17, 15) is 4.79 Å². The normalized spacial score (nSPS) is 14.8. The molecule has 1 fully saturated rings. The molecular weight excluding hydrogens is 262 g/mol. The molecule has 1 aliphatic heterocycles. The average Bonchev–Trinajstić information content (AvgIpc) is 2.41. The number of hydrogen-bond donors (Lipinski definition) is 2. The molecule has 19 heavy (non-hydrogen) atoms. The summed E-state index contributed by atoms with van der Waals surface area (Å²) in [5.41, 5.74) is 0.888. The van der Waals surface area contributed by atoms with Crippen molar-refractivity contribution in [1.29, 1.82) is 0 Å². The van der Waals surface area contributed by atoms with Crippen LogP contribution in [0.3, 0.4) is 0 Å². The number of benzene rings is 1. The summed E-state index contributed by atoms with van der Waals surface area (Å²) in [6, 6.07) is 7.58. The maximum atomic E-state index is 11.3. The lowest BCUT2D eigenvalue weighted by molar-refractivity contribution is -0.122. The van der Waals surface area contributed by atoms with Gasteiger partial charge in [0.1, 0.15) is 5.75 Å². The highest BCUT2D eigenvalue weighted by Crippen LogP contribution is 2.16. The number of piperazine rings is 1. The fourth-order valence-corrected chi connectivity index (χ4v) is 2.09. The van der Waals surface area contributed by atoms with Crippen LogP contribution in [0.1, 0.15) is 6.92 Å². The Morgan fingerprint density at radius 1 is 1.47 bits per heavy atom. The third-order valence-electron chi connectivity index (χ3n) is 2.74. The number of carbonyl (C=O) groups is 1. The predicted octanol–water partition coefficient (Wildman–Crippen LogP) is 1.21. The van der Waals surface area contributed by atoms with Crippen molar-refractivity contribution in [1.82, 2.24) is 10.2 Å². The zero-order valence-electron chi connectivity index (χ0n) is 10.8. The molecule has 0 bridgehead atoms. The fraction of sp³-hybridized carbons (Fsp3) is 0.385. The molecule has 1 aromatic rings. The molecule has 6 heteroatoms. The highest BCUT2D eigenvalue weighted by Gasteiger charge is 2.18. The van der Waals surface area contributed by atoms with Crippen LogP contribution < -0.4 is 15.4 Å². The summed E-state index contributed by atoms with van der Waals surface area (Å²) < 4.78 is 5.37. The lowest BCUT2D eigenvalue weighted by atomic mass is 10.3. The monoisotopic (exact) mass is 279 g/mol. The van der Waals surface area contributed by atoms with E-state index in [-0.39, 0.29) is 5.91 Å². The van der Waals surface area contributed by atoms with Crippen LogP contribution in [0.5, 0.6) is 5.75 Å². The first-order valence-corrected chi connectivity index (χ1v) is 6.65. The second-order valence-corrected chi connectivity index (χ2v) is 4.55. The minimum absolute atomic E-state index is 0.00194. The van der Waals surface area contributed by atoms with Crippen LogP contribution in [0.15, 0.2) is 24.3 Å². The van der Waals surface area contributed by atoms with Gasteiger partial charge in [0.05, 0.1) is 13.2 Å². The largest absolute Gasteiger partial charge is 0.494 e. The highest BCUT2D eigenvalue weighted by atomic mass is 32.1. The van der Waals surface area contributed by atoms with Gasteiger partial charge in [-0.2, -0.15) is 0 Å². The highest BCUT2D eigenvalue weighted by molar-refractivity contribution is 7.80. The van der Waals surface area contributed by atoms with E-state index in [2.05, 4.69) is 10.6 Å². The Balaban J connectivity index is 1.92. The number of carbonyl (C=O) groups excluding carboxylic acids is 1. The van der Waals surface area contributed by atoms with Crippen LogP contribution in [0, 0.1) is 0 Å². The summed E-state index contributed by atoms with van der Waals surface area (Å²) in [4.78, 5) is 13.1. The molecular formula is C13H17N3O2S. The van der Waals surface area contributed by atoms with E-state index in [1.54, 1.807) is 0 Å². The zero-order chi connectivity index (χ0) is 13.7. The second-order valence-electron chi connectivity index (χ2n) is 4.16.